The molecule has 1 heterocycles. The molecule has 0 atom stereocenters. The Bertz CT molecular complexity index is 582. The van der Waals surface area contributed by atoms with Gasteiger partial charge in [-0.2, -0.15) is 0 Å². The van der Waals surface area contributed by atoms with Gasteiger partial charge in [-0.25, -0.2) is 4.79 Å². The summed E-state index contributed by atoms with van der Waals surface area (Å²) in [6, 6.07) is 9.55. The van der Waals surface area contributed by atoms with Crippen LogP contribution < -0.4 is 5.73 Å². The second kappa shape index (κ2) is 6.11. The smallest absolute Gasteiger partial charge is 0.340 e. The van der Waals surface area contributed by atoms with Crippen LogP contribution in [0.25, 0.3) is 11.1 Å². The highest BCUT2D eigenvalue weighted by atomic mass is 16.5. The Morgan fingerprint density at radius 3 is 2.79 bits per heavy atom. The van der Waals surface area contributed by atoms with Crippen molar-refractivity contribution in [3.8, 4) is 11.1 Å². The summed E-state index contributed by atoms with van der Waals surface area (Å²) in [5, 5.41) is 0. The van der Waals surface area contributed by atoms with E-state index in [-0.39, 0.29) is 5.97 Å². The van der Waals surface area contributed by atoms with Crippen LogP contribution in [0, 0.1) is 0 Å². The summed E-state index contributed by atoms with van der Waals surface area (Å²) in [5.74, 6) is -0.363. The third-order valence-corrected chi connectivity index (χ3v) is 2.84. The topological polar surface area (TPSA) is 65.2 Å². The summed E-state index contributed by atoms with van der Waals surface area (Å²) in [7, 11) is 0. The van der Waals surface area contributed by atoms with Gasteiger partial charge in [-0.1, -0.05) is 24.3 Å². The second-order valence-corrected chi connectivity index (χ2v) is 4.00. The Morgan fingerprint density at radius 2 is 2.05 bits per heavy atom. The molecule has 2 aromatic rings. The highest BCUT2D eigenvalue weighted by molar-refractivity contribution is 5.97. The van der Waals surface area contributed by atoms with Crippen LogP contribution in [0.3, 0.4) is 0 Å². The Balaban J connectivity index is 2.53. The molecule has 0 fully saturated rings. The SMILES string of the molecule is CCOC(=O)c1cnccc1-c1ccccc1CN. The van der Waals surface area contributed by atoms with Crippen LogP contribution in [-0.4, -0.2) is 17.6 Å². The molecule has 4 nitrogen and oxygen atoms in total. The molecule has 1 aromatic carbocycles. The van der Waals surface area contributed by atoms with E-state index in [9.17, 15) is 4.79 Å². The average Bonchev–Trinajstić information content (AvgIpc) is 2.47. The van der Waals surface area contributed by atoms with E-state index in [2.05, 4.69) is 4.98 Å². The number of carbonyl (C=O) groups excluding carboxylic acids is 1. The molecule has 0 amide bonds. The molecule has 0 spiro atoms. The number of hydrogen-bond acceptors (Lipinski definition) is 4. The molecule has 0 aliphatic rings. The van der Waals surface area contributed by atoms with Gasteiger partial charge in [0.05, 0.1) is 12.2 Å². The highest BCUT2D eigenvalue weighted by Crippen LogP contribution is 2.26. The minimum Gasteiger partial charge on any atom is -0.462 e. The predicted octanol–water partition coefficient (Wildman–Crippen LogP) is 2.38. The monoisotopic (exact) mass is 256 g/mol. The van der Waals surface area contributed by atoms with E-state index in [4.69, 9.17) is 10.5 Å². The van der Waals surface area contributed by atoms with Crippen molar-refractivity contribution in [2.24, 2.45) is 5.73 Å². The maximum atomic E-state index is 11.9. The number of aromatic nitrogens is 1. The van der Waals surface area contributed by atoms with Crippen molar-refractivity contribution in [2.45, 2.75) is 13.5 Å². The Labute approximate surface area is 112 Å². The molecule has 1 aromatic heterocycles. The molecule has 0 bridgehead atoms. The summed E-state index contributed by atoms with van der Waals surface area (Å²) in [5.41, 5.74) is 8.93. The van der Waals surface area contributed by atoms with Gasteiger partial charge >= 0.3 is 5.97 Å². The van der Waals surface area contributed by atoms with Crippen molar-refractivity contribution in [2.75, 3.05) is 6.61 Å². The molecule has 0 aliphatic carbocycles. The van der Waals surface area contributed by atoms with E-state index in [1.807, 2.05) is 24.3 Å². The quantitative estimate of drug-likeness (QED) is 0.853. The van der Waals surface area contributed by atoms with Crippen molar-refractivity contribution in [1.29, 1.82) is 0 Å². The van der Waals surface area contributed by atoms with Crippen LogP contribution in [0.15, 0.2) is 42.7 Å². The van der Waals surface area contributed by atoms with Crippen LogP contribution in [0.1, 0.15) is 22.8 Å². The summed E-state index contributed by atoms with van der Waals surface area (Å²) < 4.78 is 5.05. The molecular formula is C15H16N2O2. The average molecular weight is 256 g/mol. The molecule has 2 N–H and O–H groups in total. The molecule has 0 aliphatic heterocycles. The van der Waals surface area contributed by atoms with E-state index in [1.165, 1.54) is 6.20 Å². The Morgan fingerprint density at radius 1 is 1.26 bits per heavy atom. The number of esters is 1. The second-order valence-electron chi connectivity index (χ2n) is 4.00. The number of rotatable bonds is 4. The van der Waals surface area contributed by atoms with Crippen LogP contribution in [-0.2, 0) is 11.3 Å². The largest absolute Gasteiger partial charge is 0.462 e. The fraction of sp³-hybridized carbons (Fsp3) is 0.200. The highest BCUT2D eigenvalue weighted by Gasteiger charge is 2.15. The number of hydrogen-bond donors (Lipinski definition) is 1. The van der Waals surface area contributed by atoms with Gasteiger partial charge < -0.3 is 10.5 Å². The fourth-order valence-corrected chi connectivity index (χ4v) is 1.96. The van der Waals surface area contributed by atoms with Crippen molar-refractivity contribution in [1.82, 2.24) is 4.98 Å². The number of nitrogens with two attached hydrogens (primary N) is 1. The van der Waals surface area contributed by atoms with Crippen molar-refractivity contribution < 1.29 is 9.53 Å². The Hall–Kier alpha value is -2.20. The van der Waals surface area contributed by atoms with Crippen LogP contribution in [0.5, 0.6) is 0 Å². The minimum absolute atomic E-state index is 0.339. The van der Waals surface area contributed by atoms with Crippen LogP contribution in [0.2, 0.25) is 0 Å². The number of nitrogens with zero attached hydrogens (tertiary/aromatic N) is 1. The van der Waals surface area contributed by atoms with E-state index >= 15 is 0 Å². The first kappa shape index (κ1) is 13.2. The number of ether oxygens (including phenoxy) is 1. The third kappa shape index (κ3) is 2.80. The number of pyridine rings is 1. The molecule has 0 saturated carbocycles. The van der Waals surface area contributed by atoms with Gasteiger partial charge in [0.2, 0.25) is 0 Å². The van der Waals surface area contributed by atoms with E-state index in [1.54, 1.807) is 19.2 Å². The van der Waals surface area contributed by atoms with Crippen LogP contribution >= 0.6 is 0 Å². The summed E-state index contributed by atoms with van der Waals surface area (Å²) >= 11 is 0. The molecule has 19 heavy (non-hydrogen) atoms. The first-order valence-corrected chi connectivity index (χ1v) is 6.17. The lowest BCUT2D eigenvalue weighted by atomic mass is 9.97. The minimum atomic E-state index is -0.363. The molecule has 4 heteroatoms. The van der Waals surface area contributed by atoms with Crippen molar-refractivity contribution in [3.05, 3.63) is 53.9 Å². The predicted molar refractivity (Wildman–Crippen MR) is 73.5 cm³/mol. The fourth-order valence-electron chi connectivity index (χ4n) is 1.96. The first-order valence-electron chi connectivity index (χ1n) is 6.17. The van der Waals surface area contributed by atoms with Crippen molar-refractivity contribution >= 4 is 5.97 Å². The molecular weight excluding hydrogens is 240 g/mol. The lowest BCUT2D eigenvalue weighted by Crippen LogP contribution is -2.08. The number of carbonyl (C=O) groups is 1. The van der Waals surface area contributed by atoms with E-state index in [0.717, 1.165) is 16.7 Å². The molecule has 0 radical (unpaired) electrons. The Kier molecular flexibility index (Phi) is 4.26. The normalized spacial score (nSPS) is 10.2. The zero-order valence-electron chi connectivity index (χ0n) is 10.8. The summed E-state index contributed by atoms with van der Waals surface area (Å²) in [4.78, 5) is 15.9. The zero-order chi connectivity index (χ0) is 13.7. The van der Waals surface area contributed by atoms with Gasteiger partial charge in [-0.3, -0.25) is 4.98 Å². The van der Waals surface area contributed by atoms with Crippen LogP contribution in [0.4, 0.5) is 0 Å². The van der Waals surface area contributed by atoms with E-state index in [0.29, 0.717) is 18.7 Å². The maximum absolute atomic E-state index is 11.9. The van der Waals surface area contributed by atoms with Crippen molar-refractivity contribution in [3.63, 3.8) is 0 Å². The number of benzene rings is 1. The third-order valence-electron chi connectivity index (χ3n) is 2.84. The van der Waals surface area contributed by atoms with E-state index < -0.39 is 0 Å². The standard InChI is InChI=1S/C15H16N2O2/c1-2-19-15(18)14-10-17-8-7-13(14)12-6-4-3-5-11(12)9-16/h3-8,10H,2,9,16H2,1H3. The molecule has 0 unspecified atom stereocenters. The molecule has 98 valence electrons. The lowest BCUT2D eigenvalue weighted by Gasteiger charge is -2.11. The van der Waals surface area contributed by atoms with Gasteiger partial charge in [0.15, 0.2) is 0 Å². The van der Waals surface area contributed by atoms with Gasteiger partial charge in [-0.05, 0) is 29.7 Å². The van der Waals surface area contributed by atoms with Gasteiger partial charge in [0.25, 0.3) is 0 Å². The maximum Gasteiger partial charge on any atom is 0.340 e. The summed E-state index contributed by atoms with van der Waals surface area (Å²) in [6.07, 6.45) is 3.19. The van der Waals surface area contributed by atoms with Gasteiger partial charge in [-0.15, -0.1) is 0 Å². The van der Waals surface area contributed by atoms with Gasteiger partial charge in [0, 0.05) is 18.9 Å². The van der Waals surface area contributed by atoms with Gasteiger partial charge in [0.1, 0.15) is 0 Å². The zero-order valence-corrected chi connectivity index (χ0v) is 10.8. The molecule has 0 saturated heterocycles. The summed E-state index contributed by atoms with van der Waals surface area (Å²) in [6.45, 7) is 2.54. The first-order chi connectivity index (χ1) is 9.27. The molecule has 2 rings (SSSR count). The lowest BCUT2D eigenvalue weighted by molar-refractivity contribution is 0.0527.